The van der Waals surface area contributed by atoms with E-state index in [0.717, 1.165) is 122 Å². The fourth-order valence-corrected chi connectivity index (χ4v) is 9.94. The van der Waals surface area contributed by atoms with Crippen LogP contribution in [0.2, 0.25) is 0 Å². The normalized spacial score (nSPS) is 12.8. The molecule has 0 bridgehead atoms. The van der Waals surface area contributed by atoms with Gasteiger partial charge in [0.25, 0.3) is 0 Å². The van der Waals surface area contributed by atoms with Crippen molar-refractivity contribution in [3.63, 3.8) is 0 Å². The second-order valence-corrected chi connectivity index (χ2v) is 23.4. The van der Waals surface area contributed by atoms with Crippen LogP contribution in [0.4, 0.5) is 0 Å². The molecule has 0 heterocycles. The van der Waals surface area contributed by atoms with Gasteiger partial charge < -0.3 is 14.2 Å². The maximum absolute atomic E-state index is 12.9. The molecule has 0 aliphatic carbocycles. The Morgan fingerprint density at radius 1 is 0.253 bits per heavy atom. The molecular weight excluding hydrogens is 1020 g/mol. The zero-order valence-electron chi connectivity index (χ0n) is 54.7. The Balaban J connectivity index is 4.30. The fourth-order valence-electron chi connectivity index (χ4n) is 9.94. The summed E-state index contributed by atoms with van der Waals surface area (Å²) in [5, 5.41) is 0. The molecule has 476 valence electrons. The van der Waals surface area contributed by atoms with Gasteiger partial charge in [-0.3, -0.25) is 14.4 Å². The predicted molar refractivity (Wildman–Crippen MR) is 362 cm³/mol. The molecule has 0 amide bonds. The lowest BCUT2D eigenvalue weighted by Crippen LogP contribution is -2.30. The number of carbonyl (C=O) groups excluding carboxylic acids is 3. The van der Waals surface area contributed by atoms with Crippen LogP contribution in [0.3, 0.4) is 0 Å². The number of hydrogen-bond donors (Lipinski definition) is 0. The van der Waals surface area contributed by atoms with Gasteiger partial charge in [-0.05, 0) is 128 Å². The van der Waals surface area contributed by atoms with Crippen molar-refractivity contribution in [2.45, 2.75) is 348 Å². The van der Waals surface area contributed by atoms with Crippen molar-refractivity contribution in [1.29, 1.82) is 0 Å². The number of esters is 3. The third-order valence-corrected chi connectivity index (χ3v) is 15.2. The summed E-state index contributed by atoms with van der Waals surface area (Å²) in [6.45, 7) is 6.51. The second-order valence-electron chi connectivity index (χ2n) is 23.4. The topological polar surface area (TPSA) is 78.9 Å². The molecule has 0 radical (unpaired) electrons. The molecule has 83 heavy (non-hydrogen) atoms. The summed E-state index contributed by atoms with van der Waals surface area (Å²) in [6.07, 6.45) is 96.9. The third kappa shape index (κ3) is 68.7. The average molecular weight is 1150 g/mol. The number of ether oxygens (including phenoxy) is 3. The first-order valence-corrected chi connectivity index (χ1v) is 35.4. The third-order valence-electron chi connectivity index (χ3n) is 15.2. The molecule has 6 nitrogen and oxygen atoms in total. The molecule has 0 N–H and O–H groups in total. The van der Waals surface area contributed by atoms with E-state index in [4.69, 9.17) is 14.2 Å². The van der Waals surface area contributed by atoms with Crippen LogP contribution in [0, 0.1) is 0 Å². The van der Waals surface area contributed by atoms with Crippen LogP contribution in [0.25, 0.3) is 0 Å². The second kappa shape index (κ2) is 70.6. The summed E-state index contributed by atoms with van der Waals surface area (Å²) in [5.74, 6) is -0.912. The van der Waals surface area contributed by atoms with Crippen LogP contribution in [0.15, 0.2) is 109 Å². The van der Waals surface area contributed by atoms with Crippen molar-refractivity contribution < 1.29 is 28.6 Å². The van der Waals surface area contributed by atoms with E-state index in [1.807, 2.05) is 0 Å². The first-order valence-electron chi connectivity index (χ1n) is 35.4. The minimum absolute atomic E-state index is 0.0900. The van der Waals surface area contributed by atoms with E-state index in [9.17, 15) is 14.4 Å². The number of hydrogen-bond acceptors (Lipinski definition) is 6. The smallest absolute Gasteiger partial charge is 0.306 e. The zero-order valence-corrected chi connectivity index (χ0v) is 54.7. The first-order chi connectivity index (χ1) is 41.0. The van der Waals surface area contributed by atoms with Crippen molar-refractivity contribution in [1.82, 2.24) is 0 Å². The monoisotopic (exact) mass is 1150 g/mol. The molecule has 0 spiro atoms. The fraction of sp³-hybridized carbons (Fsp3) is 0.727. The molecule has 0 saturated carbocycles. The molecule has 0 aromatic carbocycles. The molecule has 0 aromatic heterocycles. The van der Waals surface area contributed by atoms with Crippen molar-refractivity contribution in [3.05, 3.63) is 109 Å². The largest absolute Gasteiger partial charge is 0.462 e. The van der Waals surface area contributed by atoms with Gasteiger partial charge in [0.2, 0.25) is 0 Å². The van der Waals surface area contributed by atoms with Gasteiger partial charge in [-0.1, -0.05) is 304 Å². The van der Waals surface area contributed by atoms with Gasteiger partial charge in [0.05, 0.1) is 0 Å². The highest BCUT2D eigenvalue weighted by molar-refractivity contribution is 5.71. The lowest BCUT2D eigenvalue weighted by Gasteiger charge is -2.18. The molecule has 0 rings (SSSR count). The van der Waals surface area contributed by atoms with E-state index in [1.54, 1.807) is 0 Å². The van der Waals surface area contributed by atoms with Gasteiger partial charge in [-0.2, -0.15) is 0 Å². The maximum atomic E-state index is 12.9. The summed E-state index contributed by atoms with van der Waals surface area (Å²) in [6, 6.07) is 0. The molecule has 0 fully saturated rings. The Labute approximate surface area is 514 Å². The van der Waals surface area contributed by atoms with Crippen LogP contribution >= 0.6 is 0 Å². The SMILES string of the molecule is CC/C=C\C/C=C\C/C=C\C/C=C\C/C=C\C/C=C\CCCCCCC(=O)OC(COC(=O)CCCCCCC/C=C\CCCCCC)COC(=O)CCCCCCCCCCCCCCCCCCC/C=C\C/C=C\CCCCCCC. The Hall–Kier alpha value is -3.93. The van der Waals surface area contributed by atoms with Crippen LogP contribution in [0.1, 0.15) is 342 Å². The summed E-state index contributed by atoms with van der Waals surface area (Å²) < 4.78 is 16.9. The molecule has 6 heteroatoms. The van der Waals surface area contributed by atoms with E-state index < -0.39 is 6.10 Å². The number of allylic oxidation sites excluding steroid dienone is 18. The minimum Gasteiger partial charge on any atom is -0.462 e. The van der Waals surface area contributed by atoms with Crippen LogP contribution in [-0.4, -0.2) is 37.2 Å². The maximum Gasteiger partial charge on any atom is 0.306 e. The highest BCUT2D eigenvalue weighted by Gasteiger charge is 2.19. The molecule has 1 unspecified atom stereocenters. The Morgan fingerprint density at radius 3 is 0.759 bits per heavy atom. The van der Waals surface area contributed by atoms with Gasteiger partial charge in [0, 0.05) is 19.3 Å². The minimum atomic E-state index is -0.798. The van der Waals surface area contributed by atoms with Gasteiger partial charge in [-0.25, -0.2) is 0 Å². The summed E-state index contributed by atoms with van der Waals surface area (Å²) in [7, 11) is 0. The molecular formula is C77H132O6. The molecule has 1 atom stereocenters. The van der Waals surface area contributed by atoms with Crippen molar-refractivity contribution in [3.8, 4) is 0 Å². The Kier molecular flexibility index (Phi) is 67.2. The Bertz CT molecular complexity index is 1660. The number of unbranched alkanes of at least 4 members (excludes halogenated alkanes) is 35. The van der Waals surface area contributed by atoms with Crippen molar-refractivity contribution in [2.24, 2.45) is 0 Å². The lowest BCUT2D eigenvalue weighted by atomic mass is 10.0. The van der Waals surface area contributed by atoms with Crippen molar-refractivity contribution in [2.75, 3.05) is 13.2 Å². The first kappa shape index (κ1) is 79.1. The van der Waals surface area contributed by atoms with Gasteiger partial charge in [0.1, 0.15) is 13.2 Å². The van der Waals surface area contributed by atoms with Gasteiger partial charge in [-0.15, -0.1) is 0 Å². The Morgan fingerprint density at radius 2 is 0.470 bits per heavy atom. The predicted octanol–water partition coefficient (Wildman–Crippen LogP) is 24.6. The molecule has 0 aliphatic heterocycles. The van der Waals surface area contributed by atoms with Crippen LogP contribution in [0.5, 0.6) is 0 Å². The average Bonchev–Trinajstić information content (AvgIpc) is 3.49. The highest BCUT2D eigenvalue weighted by Crippen LogP contribution is 2.17. The number of rotatable bonds is 64. The van der Waals surface area contributed by atoms with Gasteiger partial charge in [0.15, 0.2) is 6.10 Å². The lowest BCUT2D eigenvalue weighted by molar-refractivity contribution is -0.167. The van der Waals surface area contributed by atoms with Gasteiger partial charge >= 0.3 is 17.9 Å². The summed E-state index contributed by atoms with van der Waals surface area (Å²) in [4.78, 5) is 38.4. The van der Waals surface area contributed by atoms with Crippen LogP contribution in [-0.2, 0) is 28.6 Å². The van der Waals surface area contributed by atoms with Crippen LogP contribution < -0.4 is 0 Å². The standard InChI is InChI=1S/C77H132O6/c1-4-7-10-13-16-19-22-25-27-29-31-33-35-36-37-38-39-40-42-43-45-47-49-52-55-58-61-64-67-70-76(79)82-73-74(72-81-75(78)69-66-63-60-57-54-51-24-21-18-15-12-9-6-3)83-77(80)71-68-65-62-59-56-53-50-48-46-44-41-34-32-30-28-26-23-20-17-14-11-8-5-2/h8,11,17,20-22,24-26,28-29,31-32,34,44,46,50,53,74H,4-7,9-10,12-16,18-19,23,27,30,33,35-43,45,47-49,51-52,54-73H2,1-3H3/b11-8-,20-17-,24-21-,25-22-,28-26-,31-29-,34-32-,46-44-,53-50-. The zero-order chi connectivity index (χ0) is 59.9. The summed E-state index contributed by atoms with van der Waals surface area (Å²) >= 11 is 0. The molecule has 0 saturated heterocycles. The van der Waals surface area contributed by atoms with Crippen molar-refractivity contribution >= 4 is 17.9 Å². The highest BCUT2D eigenvalue weighted by atomic mass is 16.6. The van der Waals surface area contributed by atoms with E-state index >= 15 is 0 Å². The number of carbonyl (C=O) groups is 3. The molecule has 0 aliphatic rings. The van der Waals surface area contributed by atoms with E-state index in [-0.39, 0.29) is 31.1 Å². The van der Waals surface area contributed by atoms with E-state index in [1.165, 1.54) is 180 Å². The van der Waals surface area contributed by atoms with E-state index in [2.05, 4.69) is 130 Å². The van der Waals surface area contributed by atoms with E-state index in [0.29, 0.717) is 19.3 Å². The summed E-state index contributed by atoms with van der Waals surface area (Å²) in [5.41, 5.74) is 0. The quantitative estimate of drug-likeness (QED) is 0.0261. The molecule has 0 aromatic rings.